The topological polar surface area (TPSA) is 125 Å². The van der Waals surface area contributed by atoms with Gasteiger partial charge >= 0.3 is 5.97 Å². The molecule has 0 radical (unpaired) electrons. The molecule has 9 atom stereocenters. The predicted molar refractivity (Wildman–Crippen MR) is 199 cm³/mol. The number of benzene rings is 2. The van der Waals surface area contributed by atoms with Crippen molar-refractivity contribution in [2.75, 3.05) is 24.6 Å². The first-order valence-corrected chi connectivity index (χ1v) is 18.7. The van der Waals surface area contributed by atoms with Gasteiger partial charge in [-0.25, -0.2) is 0 Å². The highest BCUT2D eigenvalue weighted by Crippen LogP contribution is 2.61. The number of carbonyl (C=O) groups excluding carboxylic acids is 4. The number of hydrogen-bond acceptors (Lipinski definition) is 7. The lowest BCUT2D eigenvalue weighted by molar-refractivity contribution is -0.161. The minimum absolute atomic E-state index is 0.0334. The molecule has 274 valence electrons. The number of alkyl halides is 1. The number of aliphatic hydroxyl groups is 1. The van der Waals surface area contributed by atoms with E-state index < -0.39 is 53.6 Å². The number of hydrogen-bond donors (Lipinski definition) is 2. The van der Waals surface area contributed by atoms with Crippen molar-refractivity contribution in [1.82, 2.24) is 10.2 Å². The monoisotopic (exact) mass is 763 g/mol. The molecule has 5 rings (SSSR count). The zero-order valence-corrected chi connectivity index (χ0v) is 31.5. The maximum absolute atomic E-state index is 15.1. The number of anilines is 1. The first kappa shape index (κ1) is 38.4. The summed E-state index contributed by atoms with van der Waals surface area (Å²) in [4.78, 5) is 59.8. The van der Waals surface area contributed by atoms with Crippen molar-refractivity contribution in [2.24, 2.45) is 17.8 Å². The molecule has 0 aromatic heterocycles. The van der Waals surface area contributed by atoms with Gasteiger partial charge in [0.25, 0.3) is 5.91 Å². The molecular formula is C40H50BrN3O7. The van der Waals surface area contributed by atoms with Crippen LogP contribution in [0.5, 0.6) is 0 Å². The fourth-order valence-corrected chi connectivity index (χ4v) is 8.97. The van der Waals surface area contributed by atoms with Crippen LogP contribution < -0.4 is 10.2 Å². The summed E-state index contributed by atoms with van der Waals surface area (Å²) in [6.45, 7) is 15.2. The normalized spacial score (nSPS) is 26.6. The average molecular weight is 765 g/mol. The fraction of sp³-hybridized carbons (Fsp3) is 0.500. The molecule has 2 aromatic rings. The number of likely N-dealkylation sites (tertiary alicyclic amines) is 1. The summed E-state index contributed by atoms with van der Waals surface area (Å²) in [5.41, 5.74) is 1.85. The van der Waals surface area contributed by atoms with E-state index in [9.17, 15) is 19.5 Å². The lowest BCUT2D eigenvalue weighted by atomic mass is 9.70. The highest BCUT2D eigenvalue weighted by Gasteiger charge is 2.78. The standard InChI is InChI=1S/C40H50BrN3O7/c1-7-10-16-32(46)42-22-31(27-14-12-11-13-15-27)50-39(49)33-34-37(47)44(30(23-45)25(5)9-3)36(40(34)21-28(41)35(33)51-40)38(48)43(19-8-2)29-20-24(4)17-18-26(29)6/h7-8,11-15,17-18,20,25,28,30-31,33-36,45H,1-2,9-10,16,19,21-23H2,3-6H3,(H,42,46)/t25-,28?,30-,31-,33+,34-,35+,36+,40-/m0/s1. The summed E-state index contributed by atoms with van der Waals surface area (Å²) < 4.78 is 13.0. The summed E-state index contributed by atoms with van der Waals surface area (Å²) >= 11 is 3.75. The zero-order chi connectivity index (χ0) is 37.0. The molecule has 10 nitrogen and oxygen atoms in total. The number of nitrogens with one attached hydrogen (secondary N) is 1. The molecule has 3 aliphatic rings. The van der Waals surface area contributed by atoms with Gasteiger partial charge in [0.05, 0.1) is 37.1 Å². The van der Waals surface area contributed by atoms with Crippen molar-refractivity contribution in [1.29, 1.82) is 0 Å². The van der Waals surface area contributed by atoms with E-state index in [4.69, 9.17) is 9.47 Å². The maximum Gasteiger partial charge on any atom is 0.313 e. The molecule has 2 N–H and O–H groups in total. The van der Waals surface area contributed by atoms with Gasteiger partial charge in [-0.05, 0) is 55.4 Å². The number of rotatable bonds is 16. The van der Waals surface area contributed by atoms with Crippen LogP contribution in [0.1, 0.15) is 62.3 Å². The summed E-state index contributed by atoms with van der Waals surface area (Å²) in [5.74, 6) is -3.85. The molecule has 2 aromatic carbocycles. The van der Waals surface area contributed by atoms with E-state index in [0.717, 1.165) is 11.1 Å². The van der Waals surface area contributed by atoms with Crippen molar-refractivity contribution in [3.05, 3.63) is 90.5 Å². The Hall–Kier alpha value is -3.80. The SMILES string of the molecule is C=CCCC(=O)NC[C@H](OC(=O)[C@H]1[C@@H]2O[C@@]3(CC2Br)[C@@H]1C(=O)N([C@@H](CO)[C@@H](C)CC)[C@@H]3C(=O)N(CC=C)c1cc(C)ccc1C)c1ccccc1. The molecular weight excluding hydrogens is 714 g/mol. The highest BCUT2D eigenvalue weighted by molar-refractivity contribution is 9.09. The summed E-state index contributed by atoms with van der Waals surface area (Å²) in [6, 6.07) is 13.2. The van der Waals surface area contributed by atoms with E-state index in [1.807, 2.05) is 76.2 Å². The van der Waals surface area contributed by atoms with E-state index in [0.29, 0.717) is 30.5 Å². The third-order valence-electron chi connectivity index (χ3n) is 10.8. The van der Waals surface area contributed by atoms with Gasteiger partial charge < -0.3 is 29.7 Å². The molecule has 2 bridgehead atoms. The molecule has 3 amide bonds. The van der Waals surface area contributed by atoms with E-state index in [2.05, 4.69) is 34.4 Å². The van der Waals surface area contributed by atoms with Crippen molar-refractivity contribution >= 4 is 45.3 Å². The Morgan fingerprint density at radius 2 is 1.90 bits per heavy atom. The van der Waals surface area contributed by atoms with Crippen LogP contribution in [0.4, 0.5) is 5.69 Å². The molecule has 1 unspecified atom stereocenters. The van der Waals surface area contributed by atoms with Gasteiger partial charge in [0.15, 0.2) is 0 Å². The van der Waals surface area contributed by atoms with Crippen LogP contribution in [0.15, 0.2) is 73.8 Å². The van der Waals surface area contributed by atoms with Gasteiger partial charge in [0, 0.05) is 23.5 Å². The number of esters is 1. The van der Waals surface area contributed by atoms with Gasteiger partial charge in [-0.3, -0.25) is 19.2 Å². The predicted octanol–water partition coefficient (Wildman–Crippen LogP) is 5.34. The number of aliphatic hydroxyl groups excluding tert-OH is 1. The van der Waals surface area contributed by atoms with E-state index >= 15 is 4.79 Å². The molecule has 3 saturated heterocycles. The van der Waals surface area contributed by atoms with Gasteiger partial charge in [-0.15, -0.1) is 13.2 Å². The zero-order valence-electron chi connectivity index (χ0n) is 29.9. The Balaban J connectivity index is 1.55. The smallest absolute Gasteiger partial charge is 0.313 e. The second kappa shape index (κ2) is 16.3. The number of ether oxygens (including phenoxy) is 2. The second-order valence-electron chi connectivity index (χ2n) is 14.0. The molecule has 3 fully saturated rings. The molecule has 51 heavy (non-hydrogen) atoms. The Kier molecular flexibility index (Phi) is 12.2. The molecule has 1 spiro atoms. The first-order valence-electron chi connectivity index (χ1n) is 17.8. The van der Waals surface area contributed by atoms with E-state index in [1.165, 1.54) is 4.90 Å². The van der Waals surface area contributed by atoms with Crippen LogP contribution in [0.2, 0.25) is 0 Å². The quantitative estimate of drug-likeness (QED) is 0.134. The Morgan fingerprint density at radius 1 is 1.18 bits per heavy atom. The third kappa shape index (κ3) is 7.30. The van der Waals surface area contributed by atoms with Crippen LogP contribution in [0.25, 0.3) is 0 Å². The van der Waals surface area contributed by atoms with Gasteiger partial charge in [-0.1, -0.05) is 90.8 Å². The first-order chi connectivity index (χ1) is 24.4. The molecule has 3 aliphatic heterocycles. The Morgan fingerprint density at radius 3 is 2.55 bits per heavy atom. The molecule has 0 saturated carbocycles. The van der Waals surface area contributed by atoms with Crippen LogP contribution in [0, 0.1) is 31.6 Å². The molecule has 11 heteroatoms. The number of allylic oxidation sites excluding steroid dienone is 1. The van der Waals surface area contributed by atoms with Gasteiger partial charge in [0.1, 0.15) is 17.7 Å². The van der Waals surface area contributed by atoms with Crippen LogP contribution in [-0.2, 0) is 28.7 Å². The van der Waals surface area contributed by atoms with Crippen molar-refractivity contribution in [2.45, 2.75) is 88.1 Å². The van der Waals surface area contributed by atoms with Crippen molar-refractivity contribution in [3.63, 3.8) is 0 Å². The molecule has 0 aliphatic carbocycles. The van der Waals surface area contributed by atoms with Gasteiger partial charge in [-0.2, -0.15) is 0 Å². The largest absolute Gasteiger partial charge is 0.455 e. The maximum atomic E-state index is 15.1. The summed E-state index contributed by atoms with van der Waals surface area (Å²) in [6.07, 6.45) is 3.45. The lowest BCUT2D eigenvalue weighted by Gasteiger charge is -2.41. The third-order valence-corrected chi connectivity index (χ3v) is 11.6. The van der Waals surface area contributed by atoms with Crippen molar-refractivity contribution < 1.29 is 33.8 Å². The second-order valence-corrected chi connectivity index (χ2v) is 15.2. The molecule has 3 heterocycles. The lowest BCUT2D eigenvalue weighted by Crippen LogP contribution is -2.60. The number of aryl methyl sites for hydroxylation is 2. The fourth-order valence-electron chi connectivity index (χ4n) is 8.02. The van der Waals surface area contributed by atoms with Crippen molar-refractivity contribution in [3.8, 4) is 0 Å². The minimum Gasteiger partial charge on any atom is -0.455 e. The summed E-state index contributed by atoms with van der Waals surface area (Å²) in [5, 5.41) is 13.7. The number of amides is 3. The van der Waals surface area contributed by atoms with E-state index in [1.54, 1.807) is 17.1 Å². The number of halogens is 1. The number of carbonyl (C=O) groups is 4. The highest BCUT2D eigenvalue weighted by atomic mass is 79.9. The van der Waals surface area contributed by atoms with Crippen LogP contribution >= 0.6 is 15.9 Å². The van der Waals surface area contributed by atoms with Crippen LogP contribution in [0.3, 0.4) is 0 Å². The number of fused-ring (bicyclic) bond motifs is 1. The minimum atomic E-state index is -1.37. The van der Waals surface area contributed by atoms with Crippen LogP contribution in [-0.4, -0.2) is 82.0 Å². The van der Waals surface area contributed by atoms with Gasteiger partial charge in [0.2, 0.25) is 11.8 Å². The average Bonchev–Trinajstić information content (AvgIpc) is 3.72. The number of nitrogens with zero attached hydrogens (tertiary/aromatic N) is 2. The Labute approximate surface area is 309 Å². The van der Waals surface area contributed by atoms with E-state index in [-0.39, 0.29) is 48.7 Å². The summed E-state index contributed by atoms with van der Waals surface area (Å²) in [7, 11) is 0. The Bertz CT molecular complexity index is 1630.